The van der Waals surface area contributed by atoms with E-state index >= 15 is 0 Å². The maximum Gasteiger partial charge on any atom is 0.216 e. The molecule has 0 spiro atoms. The van der Waals surface area contributed by atoms with E-state index < -0.39 is 14.8 Å². The minimum absolute atomic E-state index is 0.0316. The largest absolute Gasteiger partial charge is 0.376 e. The van der Waals surface area contributed by atoms with Crippen molar-refractivity contribution >= 4 is 10.0 Å². The third kappa shape index (κ3) is 2.23. The highest BCUT2D eigenvalue weighted by Crippen LogP contribution is 2.37. The molecule has 3 N–H and O–H groups in total. The molecule has 1 heterocycles. The smallest absolute Gasteiger partial charge is 0.216 e. The summed E-state index contributed by atoms with van der Waals surface area (Å²) >= 11 is 0. The zero-order valence-corrected chi connectivity index (χ0v) is 11.5. The van der Waals surface area contributed by atoms with Gasteiger partial charge in [0.05, 0.1) is 16.9 Å². The van der Waals surface area contributed by atoms with Gasteiger partial charge in [0, 0.05) is 18.6 Å². The average Bonchev–Trinajstić information content (AvgIpc) is 2.24. The van der Waals surface area contributed by atoms with Crippen LogP contribution in [0.2, 0.25) is 0 Å². The molecule has 4 unspecified atom stereocenters. The number of nitrogens with two attached hydrogens (primary N) is 1. The van der Waals surface area contributed by atoms with Crippen molar-refractivity contribution in [2.45, 2.75) is 56.5 Å². The predicted molar refractivity (Wildman–Crippen MR) is 66.0 cm³/mol. The van der Waals surface area contributed by atoms with Gasteiger partial charge < -0.3 is 10.5 Å². The Morgan fingerprint density at radius 2 is 2.00 bits per heavy atom. The minimum Gasteiger partial charge on any atom is -0.376 e. The van der Waals surface area contributed by atoms with Crippen LogP contribution in [0.4, 0.5) is 0 Å². The summed E-state index contributed by atoms with van der Waals surface area (Å²) in [5.74, 6) is 0.316. The first kappa shape index (κ1) is 13.3. The number of hydrogen-bond acceptors (Lipinski definition) is 4. The van der Waals surface area contributed by atoms with E-state index in [9.17, 15) is 8.42 Å². The molecule has 6 heteroatoms. The molecule has 1 saturated carbocycles. The summed E-state index contributed by atoms with van der Waals surface area (Å²) in [7, 11) is -3.35. The lowest BCUT2D eigenvalue weighted by molar-refractivity contribution is -0.114. The second kappa shape index (κ2) is 4.19. The standard InChI is InChI=1S/C11H22N2O3S/c1-11(2,3)17(14,15)13-9-8(12)7-5-4-6-16-10(7)9/h7-10,13H,4-6,12H2,1-3H3. The van der Waals surface area contributed by atoms with Gasteiger partial charge in [-0.2, -0.15) is 0 Å². The molecule has 2 rings (SSSR count). The zero-order valence-electron chi connectivity index (χ0n) is 10.6. The van der Waals surface area contributed by atoms with Crippen molar-refractivity contribution in [2.24, 2.45) is 11.7 Å². The van der Waals surface area contributed by atoms with Gasteiger partial charge >= 0.3 is 0 Å². The molecule has 2 aliphatic rings. The van der Waals surface area contributed by atoms with Crippen molar-refractivity contribution in [1.29, 1.82) is 0 Å². The Hall–Kier alpha value is -0.170. The zero-order chi connectivity index (χ0) is 12.8. The Morgan fingerprint density at radius 3 is 2.59 bits per heavy atom. The molecule has 1 aliphatic carbocycles. The van der Waals surface area contributed by atoms with Crippen LogP contribution in [-0.2, 0) is 14.8 Å². The first-order chi connectivity index (χ1) is 7.74. The summed E-state index contributed by atoms with van der Waals surface area (Å²) in [6.45, 7) is 5.75. The third-order valence-electron chi connectivity index (χ3n) is 3.77. The van der Waals surface area contributed by atoms with Crippen LogP contribution in [0.25, 0.3) is 0 Å². The second-order valence-electron chi connectivity index (χ2n) is 5.98. The van der Waals surface area contributed by atoms with Gasteiger partial charge in [0.25, 0.3) is 0 Å². The van der Waals surface area contributed by atoms with E-state index in [0.29, 0.717) is 12.5 Å². The summed E-state index contributed by atoms with van der Waals surface area (Å²) in [5, 5.41) is 0. The van der Waals surface area contributed by atoms with E-state index in [-0.39, 0.29) is 18.2 Å². The molecule has 0 aromatic heterocycles. The van der Waals surface area contributed by atoms with Gasteiger partial charge in [-0.25, -0.2) is 13.1 Å². The molecule has 100 valence electrons. The summed E-state index contributed by atoms with van der Waals surface area (Å²) in [4.78, 5) is 0. The lowest BCUT2D eigenvalue weighted by Crippen LogP contribution is -2.72. The number of sulfonamides is 1. The lowest BCUT2D eigenvalue weighted by Gasteiger charge is -2.52. The van der Waals surface area contributed by atoms with E-state index in [1.165, 1.54) is 0 Å². The fraction of sp³-hybridized carbons (Fsp3) is 1.00. The van der Waals surface area contributed by atoms with E-state index in [1.54, 1.807) is 20.8 Å². The summed E-state index contributed by atoms with van der Waals surface area (Å²) in [6, 6.07) is -0.373. The van der Waals surface area contributed by atoms with Crippen LogP contribution in [0.3, 0.4) is 0 Å². The first-order valence-corrected chi connectivity index (χ1v) is 7.61. The van der Waals surface area contributed by atoms with Crippen LogP contribution >= 0.6 is 0 Å². The highest BCUT2D eigenvalue weighted by molar-refractivity contribution is 7.90. The molecule has 17 heavy (non-hydrogen) atoms. The van der Waals surface area contributed by atoms with Crippen LogP contribution in [0, 0.1) is 5.92 Å². The highest BCUT2D eigenvalue weighted by Gasteiger charge is 2.52. The molecule has 0 radical (unpaired) electrons. The van der Waals surface area contributed by atoms with Gasteiger partial charge in [0.2, 0.25) is 10.0 Å². The molecule has 0 aromatic rings. The molecule has 1 aliphatic heterocycles. The summed E-state index contributed by atoms with van der Waals surface area (Å²) < 4.78 is 31.6. The maximum atomic E-state index is 12.1. The molecular weight excluding hydrogens is 240 g/mol. The Bertz CT molecular complexity index is 388. The van der Waals surface area contributed by atoms with Gasteiger partial charge in [-0.3, -0.25) is 0 Å². The Balaban J connectivity index is 2.06. The van der Waals surface area contributed by atoms with E-state index in [1.807, 2.05) is 0 Å². The quantitative estimate of drug-likeness (QED) is 0.745. The van der Waals surface area contributed by atoms with Crippen molar-refractivity contribution in [3.63, 3.8) is 0 Å². The lowest BCUT2D eigenvalue weighted by atomic mass is 9.69. The molecule has 2 fully saturated rings. The minimum atomic E-state index is -3.35. The third-order valence-corrected chi connectivity index (χ3v) is 5.97. The van der Waals surface area contributed by atoms with E-state index in [4.69, 9.17) is 10.5 Å². The fourth-order valence-corrected chi connectivity index (χ4v) is 3.45. The number of nitrogens with one attached hydrogen (secondary N) is 1. The topological polar surface area (TPSA) is 81.4 Å². The Labute approximate surface area is 103 Å². The van der Waals surface area contributed by atoms with Gasteiger partial charge in [-0.05, 0) is 33.6 Å². The molecule has 0 bridgehead atoms. The number of hydrogen-bond donors (Lipinski definition) is 2. The van der Waals surface area contributed by atoms with Crippen LogP contribution in [0.5, 0.6) is 0 Å². The Kier molecular flexibility index (Phi) is 3.27. The maximum absolute atomic E-state index is 12.1. The second-order valence-corrected chi connectivity index (χ2v) is 8.45. The van der Waals surface area contributed by atoms with Gasteiger partial charge in [-0.1, -0.05) is 0 Å². The average molecular weight is 262 g/mol. The van der Waals surface area contributed by atoms with E-state index in [2.05, 4.69) is 4.72 Å². The van der Waals surface area contributed by atoms with Crippen molar-refractivity contribution in [3.05, 3.63) is 0 Å². The SMILES string of the molecule is CC(C)(C)S(=O)(=O)NC1C(N)C2CCCOC21. The molecular formula is C11H22N2O3S. The van der Waals surface area contributed by atoms with Crippen molar-refractivity contribution in [2.75, 3.05) is 6.61 Å². The van der Waals surface area contributed by atoms with Gasteiger partial charge in [-0.15, -0.1) is 0 Å². The predicted octanol–water partition coefficient (Wildman–Crippen LogP) is 0.209. The van der Waals surface area contributed by atoms with Crippen molar-refractivity contribution < 1.29 is 13.2 Å². The summed E-state index contributed by atoms with van der Waals surface area (Å²) in [5.41, 5.74) is 6.02. The highest BCUT2D eigenvalue weighted by atomic mass is 32.2. The van der Waals surface area contributed by atoms with Crippen LogP contribution in [0.1, 0.15) is 33.6 Å². The van der Waals surface area contributed by atoms with E-state index in [0.717, 1.165) is 12.8 Å². The monoisotopic (exact) mass is 262 g/mol. The molecule has 1 saturated heterocycles. The normalized spacial score (nSPS) is 38.4. The van der Waals surface area contributed by atoms with Crippen molar-refractivity contribution in [1.82, 2.24) is 4.72 Å². The van der Waals surface area contributed by atoms with Crippen LogP contribution in [-0.4, -0.2) is 38.0 Å². The van der Waals surface area contributed by atoms with Gasteiger partial charge in [0.1, 0.15) is 0 Å². The van der Waals surface area contributed by atoms with Crippen LogP contribution < -0.4 is 10.5 Å². The summed E-state index contributed by atoms with van der Waals surface area (Å²) in [6.07, 6.45) is 2.03. The van der Waals surface area contributed by atoms with Crippen LogP contribution in [0.15, 0.2) is 0 Å². The Morgan fingerprint density at radius 1 is 1.35 bits per heavy atom. The molecule has 0 aromatic carbocycles. The van der Waals surface area contributed by atoms with Crippen molar-refractivity contribution in [3.8, 4) is 0 Å². The number of fused-ring (bicyclic) bond motifs is 1. The van der Waals surface area contributed by atoms with Gasteiger partial charge in [0.15, 0.2) is 0 Å². The number of rotatable bonds is 2. The first-order valence-electron chi connectivity index (χ1n) is 6.13. The fourth-order valence-electron chi connectivity index (χ4n) is 2.45. The molecule has 5 nitrogen and oxygen atoms in total. The molecule has 4 atom stereocenters. The number of ether oxygens (including phenoxy) is 1. The molecule has 0 amide bonds.